The summed E-state index contributed by atoms with van der Waals surface area (Å²) in [6, 6.07) is 5.75. The zero-order valence-corrected chi connectivity index (χ0v) is 14.8. The molecule has 0 spiro atoms. The summed E-state index contributed by atoms with van der Waals surface area (Å²) in [5.41, 5.74) is 2.49. The lowest BCUT2D eigenvalue weighted by atomic mass is 9.55. The van der Waals surface area contributed by atoms with Gasteiger partial charge in [-0.3, -0.25) is 4.52 Å². The first-order valence-corrected chi connectivity index (χ1v) is 10.4. The molecule has 132 valence electrons. The summed E-state index contributed by atoms with van der Waals surface area (Å²) in [6.45, 7) is 2.16. The van der Waals surface area contributed by atoms with Crippen LogP contribution in [0.3, 0.4) is 0 Å². The molecule has 1 aromatic carbocycles. The number of phenols is 1. The van der Waals surface area contributed by atoms with Crippen LogP contribution in [0, 0.1) is 17.3 Å². The summed E-state index contributed by atoms with van der Waals surface area (Å²) in [5.74, 6) is 1.84. The van der Waals surface area contributed by atoms with Crippen LogP contribution in [0.4, 0.5) is 0 Å². The summed E-state index contributed by atoms with van der Waals surface area (Å²) in [4.78, 5) is 18.5. The van der Waals surface area contributed by atoms with Crippen LogP contribution in [0.25, 0.3) is 0 Å². The molecule has 0 bridgehead atoms. The van der Waals surface area contributed by atoms with Gasteiger partial charge in [0.1, 0.15) is 5.75 Å². The fourth-order valence-electron chi connectivity index (χ4n) is 5.86. The standard InChI is InChI=1S/C18H25O5P/c1-18-9-8-14-13-5-3-12(19)10-11(13)2-4-15(14)16(18)6-7-17(18)23-24(20,21)22/h3,5,10,14-17,19H,2,4,6-9H2,1H3,(H2,20,21,22)/t14-,15+,16-,17+,18-/m1/s1. The van der Waals surface area contributed by atoms with E-state index in [1.54, 1.807) is 6.07 Å². The van der Waals surface area contributed by atoms with Gasteiger partial charge in [-0.15, -0.1) is 0 Å². The van der Waals surface area contributed by atoms with Crippen LogP contribution in [0.2, 0.25) is 0 Å². The smallest absolute Gasteiger partial charge is 0.469 e. The van der Waals surface area contributed by atoms with Gasteiger partial charge in [0, 0.05) is 0 Å². The van der Waals surface area contributed by atoms with E-state index in [4.69, 9.17) is 4.52 Å². The zero-order chi connectivity index (χ0) is 17.1. The van der Waals surface area contributed by atoms with Crippen molar-refractivity contribution in [3.05, 3.63) is 29.3 Å². The van der Waals surface area contributed by atoms with Gasteiger partial charge < -0.3 is 14.9 Å². The van der Waals surface area contributed by atoms with Crippen molar-refractivity contribution in [2.75, 3.05) is 0 Å². The van der Waals surface area contributed by atoms with Crippen LogP contribution in [-0.4, -0.2) is 21.0 Å². The molecule has 2 saturated carbocycles. The third-order valence-electron chi connectivity index (χ3n) is 6.89. The number of aryl methyl sites for hydroxylation is 1. The quantitative estimate of drug-likeness (QED) is 0.706. The van der Waals surface area contributed by atoms with Gasteiger partial charge in [0.25, 0.3) is 0 Å². The first kappa shape index (κ1) is 16.6. The van der Waals surface area contributed by atoms with Gasteiger partial charge in [-0.1, -0.05) is 13.0 Å². The number of phosphoric acid groups is 1. The number of hydrogen-bond acceptors (Lipinski definition) is 3. The molecule has 1 aromatic rings. The molecule has 2 fully saturated rings. The van der Waals surface area contributed by atoms with E-state index in [0.29, 0.717) is 23.5 Å². The summed E-state index contributed by atoms with van der Waals surface area (Å²) in [7, 11) is -4.44. The molecule has 0 unspecified atom stereocenters. The molecule has 24 heavy (non-hydrogen) atoms. The van der Waals surface area contributed by atoms with Crippen molar-refractivity contribution in [3.63, 3.8) is 0 Å². The number of rotatable bonds is 2. The first-order valence-electron chi connectivity index (χ1n) is 8.84. The van der Waals surface area contributed by atoms with Crippen molar-refractivity contribution < 1.29 is 24.0 Å². The molecular weight excluding hydrogens is 327 g/mol. The third-order valence-corrected chi connectivity index (χ3v) is 7.42. The highest BCUT2D eigenvalue weighted by Gasteiger charge is 2.56. The number of aromatic hydroxyl groups is 1. The van der Waals surface area contributed by atoms with Crippen molar-refractivity contribution >= 4 is 7.82 Å². The first-order chi connectivity index (χ1) is 11.3. The Morgan fingerprint density at radius 2 is 2.00 bits per heavy atom. The van der Waals surface area contributed by atoms with Gasteiger partial charge in [0.05, 0.1) is 6.10 Å². The van der Waals surface area contributed by atoms with E-state index in [1.165, 1.54) is 11.1 Å². The van der Waals surface area contributed by atoms with Crippen molar-refractivity contribution in [2.24, 2.45) is 17.3 Å². The minimum atomic E-state index is -4.44. The predicted octanol–water partition coefficient (Wildman–Crippen LogP) is 3.73. The second-order valence-electron chi connectivity index (χ2n) is 8.01. The van der Waals surface area contributed by atoms with Gasteiger partial charge in [0.15, 0.2) is 0 Å². The van der Waals surface area contributed by atoms with Crippen LogP contribution in [0.5, 0.6) is 5.75 Å². The zero-order valence-electron chi connectivity index (χ0n) is 13.9. The van der Waals surface area contributed by atoms with Crippen molar-refractivity contribution in [2.45, 2.75) is 57.5 Å². The molecule has 0 heterocycles. The lowest BCUT2D eigenvalue weighted by molar-refractivity contribution is -0.0217. The molecule has 0 amide bonds. The minimum absolute atomic E-state index is 0.142. The SMILES string of the molecule is C[C@@]12CC[C@@H]3c4ccc(O)cc4CC[C@@H]3[C@H]1CC[C@@H]2OP(=O)(O)O. The van der Waals surface area contributed by atoms with Gasteiger partial charge in [-0.05, 0) is 85.0 Å². The van der Waals surface area contributed by atoms with Crippen LogP contribution < -0.4 is 0 Å². The Labute approximate surface area is 142 Å². The van der Waals surface area contributed by atoms with Crippen LogP contribution in [0.15, 0.2) is 18.2 Å². The average Bonchev–Trinajstić information content (AvgIpc) is 2.82. The minimum Gasteiger partial charge on any atom is -0.508 e. The van der Waals surface area contributed by atoms with E-state index in [-0.39, 0.29) is 11.5 Å². The molecule has 0 saturated heterocycles. The molecule has 3 aliphatic carbocycles. The van der Waals surface area contributed by atoms with E-state index in [1.807, 2.05) is 6.07 Å². The molecule has 6 heteroatoms. The Hall–Kier alpha value is -0.870. The predicted molar refractivity (Wildman–Crippen MR) is 89.6 cm³/mol. The molecule has 5 nitrogen and oxygen atoms in total. The summed E-state index contributed by atoms with van der Waals surface area (Å²) < 4.78 is 16.5. The van der Waals surface area contributed by atoms with Gasteiger partial charge in [0.2, 0.25) is 0 Å². The molecule has 0 aliphatic heterocycles. The summed E-state index contributed by atoms with van der Waals surface area (Å²) in [6.07, 6.45) is 5.39. The number of fused-ring (bicyclic) bond motifs is 5. The largest absolute Gasteiger partial charge is 0.508 e. The second-order valence-corrected chi connectivity index (χ2v) is 9.20. The van der Waals surface area contributed by atoms with E-state index < -0.39 is 7.82 Å². The monoisotopic (exact) mass is 352 g/mol. The second kappa shape index (κ2) is 5.57. The van der Waals surface area contributed by atoms with E-state index in [9.17, 15) is 19.5 Å². The number of hydrogen-bond donors (Lipinski definition) is 3. The van der Waals surface area contributed by atoms with Crippen molar-refractivity contribution in [1.29, 1.82) is 0 Å². The van der Waals surface area contributed by atoms with Crippen molar-refractivity contribution in [1.82, 2.24) is 0 Å². The Morgan fingerprint density at radius 3 is 2.75 bits per heavy atom. The van der Waals surface area contributed by atoms with Gasteiger partial charge in [-0.2, -0.15) is 0 Å². The molecule has 5 atom stereocenters. The Kier molecular flexibility index (Phi) is 3.85. The molecule has 0 aromatic heterocycles. The Morgan fingerprint density at radius 1 is 1.21 bits per heavy atom. The fourth-order valence-corrected chi connectivity index (χ4v) is 6.54. The van der Waals surface area contributed by atoms with Crippen molar-refractivity contribution in [3.8, 4) is 5.75 Å². The van der Waals surface area contributed by atoms with Crippen LogP contribution >= 0.6 is 7.82 Å². The molecular formula is C18H25O5P. The van der Waals surface area contributed by atoms with Crippen LogP contribution in [0.1, 0.15) is 56.1 Å². The number of phosphoric ester groups is 1. The highest BCUT2D eigenvalue weighted by atomic mass is 31.2. The normalized spacial score (nSPS) is 38.3. The third kappa shape index (κ3) is 2.62. The lowest BCUT2D eigenvalue weighted by Crippen LogP contribution is -2.44. The maximum absolute atomic E-state index is 11.3. The van der Waals surface area contributed by atoms with Crippen LogP contribution in [-0.2, 0) is 15.5 Å². The number of benzene rings is 1. The summed E-state index contributed by atoms with van der Waals surface area (Å²) >= 11 is 0. The Balaban J connectivity index is 1.62. The van der Waals surface area contributed by atoms with E-state index in [2.05, 4.69) is 13.0 Å². The molecule has 0 radical (unpaired) electrons. The van der Waals surface area contributed by atoms with E-state index in [0.717, 1.165) is 38.5 Å². The maximum atomic E-state index is 11.3. The Bertz CT molecular complexity index is 699. The molecule has 3 N–H and O–H groups in total. The molecule has 3 aliphatic rings. The fraction of sp³-hybridized carbons (Fsp3) is 0.667. The van der Waals surface area contributed by atoms with Gasteiger partial charge in [-0.25, -0.2) is 4.57 Å². The average molecular weight is 352 g/mol. The maximum Gasteiger partial charge on any atom is 0.469 e. The van der Waals surface area contributed by atoms with E-state index >= 15 is 0 Å². The highest BCUT2D eigenvalue weighted by molar-refractivity contribution is 7.46. The summed E-state index contributed by atoms with van der Waals surface area (Å²) in [5, 5.41) is 9.73. The topological polar surface area (TPSA) is 87.0 Å². The number of phenolic OH excluding ortho intramolecular Hbond substituents is 1. The molecule has 4 rings (SSSR count). The van der Waals surface area contributed by atoms with Gasteiger partial charge >= 0.3 is 7.82 Å². The highest BCUT2D eigenvalue weighted by Crippen LogP contribution is 2.63. The lowest BCUT2D eigenvalue weighted by Gasteiger charge is -2.50.